The molecular weight excluding hydrogens is 354 g/mol. The van der Waals surface area contributed by atoms with Crippen LogP contribution in [0.4, 0.5) is 0 Å². The van der Waals surface area contributed by atoms with Crippen molar-refractivity contribution in [1.82, 2.24) is 29.8 Å². The average Bonchev–Trinajstić information content (AvgIpc) is 2.72. The zero-order valence-corrected chi connectivity index (χ0v) is 18.1. The second kappa shape index (κ2) is 10.4. The average molecular weight is 394 g/mol. The molecule has 8 nitrogen and oxygen atoms in total. The van der Waals surface area contributed by atoms with Crippen molar-refractivity contribution in [3.63, 3.8) is 0 Å². The summed E-state index contributed by atoms with van der Waals surface area (Å²) < 4.78 is 0. The number of likely N-dealkylation sites (N-methyl/N-ethyl adjacent to an activating group) is 2. The van der Waals surface area contributed by atoms with Crippen molar-refractivity contribution in [2.45, 2.75) is 25.3 Å². The van der Waals surface area contributed by atoms with E-state index in [0.29, 0.717) is 18.5 Å². The number of carbonyl (C=O) groups is 1. The SMILES string of the molecule is CN=C(NCC1CN(C)CCN1C)N1CCN(CC(=O)N2CCCCC2)CC1. The Bertz CT molecular complexity index is 527. The molecule has 160 valence electrons. The Kier molecular flexibility index (Phi) is 7.93. The molecule has 0 bridgehead atoms. The normalized spacial score (nSPS) is 26.5. The molecule has 3 aliphatic rings. The molecule has 3 saturated heterocycles. The van der Waals surface area contributed by atoms with Gasteiger partial charge in [-0.3, -0.25) is 19.6 Å². The van der Waals surface area contributed by atoms with E-state index in [1.165, 1.54) is 6.42 Å². The summed E-state index contributed by atoms with van der Waals surface area (Å²) in [4.78, 5) is 28.5. The van der Waals surface area contributed by atoms with Crippen LogP contribution in [0.15, 0.2) is 4.99 Å². The maximum atomic E-state index is 12.5. The van der Waals surface area contributed by atoms with Crippen molar-refractivity contribution in [3.05, 3.63) is 0 Å². The molecule has 0 aromatic carbocycles. The van der Waals surface area contributed by atoms with E-state index >= 15 is 0 Å². The van der Waals surface area contributed by atoms with Gasteiger partial charge < -0.3 is 20.0 Å². The molecule has 28 heavy (non-hydrogen) atoms. The van der Waals surface area contributed by atoms with Crippen molar-refractivity contribution < 1.29 is 4.79 Å². The van der Waals surface area contributed by atoms with Crippen LogP contribution in [0, 0.1) is 0 Å². The monoisotopic (exact) mass is 393 g/mol. The molecule has 3 rings (SSSR count). The second-order valence-corrected chi connectivity index (χ2v) is 8.53. The Hall–Kier alpha value is -1.38. The van der Waals surface area contributed by atoms with Crippen molar-refractivity contribution in [2.75, 3.05) is 93.1 Å². The summed E-state index contributed by atoms with van der Waals surface area (Å²) in [6.07, 6.45) is 3.59. The van der Waals surface area contributed by atoms with Gasteiger partial charge in [-0.15, -0.1) is 0 Å². The van der Waals surface area contributed by atoms with Crippen LogP contribution in [-0.4, -0.2) is 136 Å². The van der Waals surface area contributed by atoms with Crippen LogP contribution in [0.3, 0.4) is 0 Å². The van der Waals surface area contributed by atoms with Crippen molar-refractivity contribution in [3.8, 4) is 0 Å². The highest BCUT2D eigenvalue weighted by atomic mass is 16.2. The van der Waals surface area contributed by atoms with E-state index in [1.807, 2.05) is 11.9 Å². The minimum atomic E-state index is 0.306. The Balaban J connectivity index is 1.40. The molecule has 3 heterocycles. The number of rotatable bonds is 4. The van der Waals surface area contributed by atoms with Gasteiger partial charge in [-0.25, -0.2) is 0 Å². The number of nitrogens with one attached hydrogen (secondary N) is 1. The highest BCUT2D eigenvalue weighted by molar-refractivity contribution is 5.80. The summed E-state index contributed by atoms with van der Waals surface area (Å²) in [5, 5.41) is 3.58. The lowest BCUT2D eigenvalue weighted by Crippen LogP contribution is -2.58. The maximum absolute atomic E-state index is 12.5. The number of carbonyl (C=O) groups excluding carboxylic acids is 1. The van der Waals surface area contributed by atoms with E-state index in [-0.39, 0.29) is 0 Å². The van der Waals surface area contributed by atoms with Gasteiger partial charge in [0.15, 0.2) is 5.96 Å². The van der Waals surface area contributed by atoms with Crippen LogP contribution in [0.2, 0.25) is 0 Å². The van der Waals surface area contributed by atoms with E-state index in [4.69, 9.17) is 0 Å². The Morgan fingerprint density at radius 2 is 1.64 bits per heavy atom. The van der Waals surface area contributed by atoms with E-state index in [0.717, 1.165) is 84.2 Å². The maximum Gasteiger partial charge on any atom is 0.236 e. The fourth-order valence-corrected chi connectivity index (χ4v) is 4.42. The molecule has 1 unspecified atom stereocenters. The summed E-state index contributed by atoms with van der Waals surface area (Å²) in [5.74, 6) is 1.30. The predicted molar refractivity (Wildman–Crippen MR) is 114 cm³/mol. The Labute approximate surface area is 170 Å². The summed E-state index contributed by atoms with van der Waals surface area (Å²) >= 11 is 0. The number of amides is 1. The lowest BCUT2D eigenvalue weighted by molar-refractivity contribution is -0.133. The topological polar surface area (TPSA) is 57.7 Å². The van der Waals surface area contributed by atoms with Crippen molar-refractivity contribution >= 4 is 11.9 Å². The summed E-state index contributed by atoms with van der Waals surface area (Å²) in [7, 11) is 6.27. The first-order valence-electron chi connectivity index (χ1n) is 10.9. The summed E-state index contributed by atoms with van der Waals surface area (Å²) in [6, 6.07) is 0.513. The number of nitrogens with zero attached hydrogens (tertiary/aromatic N) is 6. The number of guanidine groups is 1. The molecule has 0 aliphatic carbocycles. The predicted octanol–water partition coefficient (Wildman–Crippen LogP) is -0.562. The van der Waals surface area contributed by atoms with Crippen LogP contribution >= 0.6 is 0 Å². The van der Waals surface area contributed by atoms with Gasteiger partial charge in [0.25, 0.3) is 0 Å². The molecule has 3 fully saturated rings. The molecule has 0 radical (unpaired) electrons. The van der Waals surface area contributed by atoms with E-state index < -0.39 is 0 Å². The summed E-state index contributed by atoms with van der Waals surface area (Å²) in [5.41, 5.74) is 0. The molecule has 1 amide bonds. The largest absolute Gasteiger partial charge is 0.355 e. The standard InChI is InChI=1S/C20H39N7O/c1-21-20(22-15-18-16-23(2)9-10-24(18)3)27-13-11-25(12-14-27)17-19(28)26-7-5-4-6-8-26/h18H,4-17H2,1-3H3,(H,21,22). The third-order valence-electron chi connectivity index (χ3n) is 6.43. The van der Waals surface area contributed by atoms with E-state index in [1.54, 1.807) is 0 Å². The fourth-order valence-electron chi connectivity index (χ4n) is 4.42. The van der Waals surface area contributed by atoms with Crippen LogP contribution in [0.25, 0.3) is 0 Å². The molecule has 0 saturated carbocycles. The minimum absolute atomic E-state index is 0.306. The van der Waals surface area contributed by atoms with Crippen LogP contribution in [0.1, 0.15) is 19.3 Å². The van der Waals surface area contributed by atoms with Crippen molar-refractivity contribution in [1.29, 1.82) is 0 Å². The molecule has 0 aromatic rings. The first kappa shape index (κ1) is 21.3. The molecule has 0 spiro atoms. The van der Waals surface area contributed by atoms with Gasteiger partial charge in [0.2, 0.25) is 5.91 Å². The smallest absolute Gasteiger partial charge is 0.236 e. The molecule has 3 aliphatic heterocycles. The van der Waals surface area contributed by atoms with Crippen LogP contribution in [0.5, 0.6) is 0 Å². The quantitative estimate of drug-likeness (QED) is 0.510. The van der Waals surface area contributed by atoms with Gasteiger partial charge in [-0.05, 0) is 33.4 Å². The second-order valence-electron chi connectivity index (χ2n) is 8.53. The third kappa shape index (κ3) is 5.81. The van der Waals surface area contributed by atoms with Gasteiger partial charge in [0.05, 0.1) is 6.54 Å². The number of piperidine rings is 1. The first-order valence-corrected chi connectivity index (χ1v) is 10.9. The molecule has 0 aromatic heterocycles. The highest BCUT2D eigenvalue weighted by Gasteiger charge is 2.26. The van der Waals surface area contributed by atoms with E-state index in [9.17, 15) is 4.79 Å². The van der Waals surface area contributed by atoms with Crippen LogP contribution < -0.4 is 5.32 Å². The number of hydrogen-bond donors (Lipinski definition) is 1. The molecule has 8 heteroatoms. The summed E-state index contributed by atoms with van der Waals surface area (Å²) in [6.45, 7) is 10.4. The molecule has 1 N–H and O–H groups in total. The number of piperazine rings is 2. The number of aliphatic imine (C=N–C) groups is 1. The lowest BCUT2D eigenvalue weighted by Gasteiger charge is -2.40. The molecular formula is C20H39N7O. The van der Waals surface area contributed by atoms with Crippen LogP contribution in [-0.2, 0) is 4.79 Å². The molecule has 1 atom stereocenters. The zero-order chi connectivity index (χ0) is 19.9. The van der Waals surface area contributed by atoms with Gasteiger partial charge in [0, 0.05) is 78.5 Å². The number of hydrogen-bond acceptors (Lipinski definition) is 5. The van der Waals surface area contributed by atoms with Gasteiger partial charge in [0.1, 0.15) is 0 Å². The first-order chi connectivity index (χ1) is 13.6. The van der Waals surface area contributed by atoms with Gasteiger partial charge >= 0.3 is 0 Å². The van der Waals surface area contributed by atoms with E-state index in [2.05, 4.69) is 44.0 Å². The lowest BCUT2D eigenvalue weighted by atomic mass is 10.1. The number of likely N-dealkylation sites (tertiary alicyclic amines) is 1. The van der Waals surface area contributed by atoms with Gasteiger partial charge in [-0.2, -0.15) is 0 Å². The minimum Gasteiger partial charge on any atom is -0.355 e. The van der Waals surface area contributed by atoms with Gasteiger partial charge in [-0.1, -0.05) is 0 Å². The fraction of sp³-hybridized carbons (Fsp3) is 0.900. The Morgan fingerprint density at radius 3 is 2.32 bits per heavy atom. The van der Waals surface area contributed by atoms with Crippen molar-refractivity contribution in [2.24, 2.45) is 4.99 Å². The third-order valence-corrected chi connectivity index (χ3v) is 6.43. The Morgan fingerprint density at radius 1 is 0.929 bits per heavy atom. The zero-order valence-electron chi connectivity index (χ0n) is 18.1. The highest BCUT2D eigenvalue weighted by Crippen LogP contribution is 2.10.